The monoisotopic (exact) mass is 1930 g/mol. The lowest BCUT2D eigenvalue weighted by Crippen LogP contribution is -2.55. The van der Waals surface area contributed by atoms with Gasteiger partial charge in [0.2, 0.25) is 13.4 Å². The fourth-order valence-electron chi connectivity index (χ4n) is 32.5. The summed E-state index contributed by atoms with van der Waals surface area (Å²) in [7, 11) is -3.51. The molecular weight excluding hydrogens is 1810 g/mol. The second-order valence-electron chi connectivity index (χ2n) is 46.8. The minimum Gasteiger partial charge on any atom is -0.309 e. The van der Waals surface area contributed by atoms with Gasteiger partial charge < -0.3 is 13.7 Å². The van der Waals surface area contributed by atoms with Crippen LogP contribution in [0.4, 0.5) is 0 Å². The lowest BCUT2D eigenvalue weighted by atomic mass is 9.34. The predicted molar refractivity (Wildman–Crippen MR) is 631 cm³/mol. The molecule has 3 nitrogen and oxygen atoms in total. The summed E-state index contributed by atoms with van der Waals surface area (Å²) >= 11 is 0. The second-order valence-corrected chi connectivity index (χ2v) is 51.6. The third-order valence-corrected chi connectivity index (χ3v) is 42.8. The Morgan fingerprint density at radius 1 is 0.265 bits per heavy atom. The first-order valence-corrected chi connectivity index (χ1v) is 57.3. The Labute approximate surface area is 869 Å². The van der Waals surface area contributed by atoms with Gasteiger partial charge in [0.25, 0.3) is 0 Å². The number of para-hydroxylation sites is 2. The summed E-state index contributed by atoms with van der Waals surface area (Å²) in [5.74, 6) is 3.05. The Morgan fingerprint density at radius 3 is 0.884 bits per heavy atom. The zero-order chi connectivity index (χ0) is 99.6. The Hall–Kier alpha value is -13.8. The highest BCUT2D eigenvalue weighted by atomic mass is 31.2. The molecule has 1 aliphatic heterocycles. The smallest absolute Gasteiger partial charge is 0.242 e. The minimum atomic E-state index is -2.97. The van der Waals surface area contributed by atoms with Crippen LogP contribution in [0.25, 0.3) is 115 Å². The van der Waals surface area contributed by atoms with Gasteiger partial charge in [-0.2, -0.15) is 0 Å². The van der Waals surface area contributed by atoms with Gasteiger partial charge in [0, 0.05) is 59.1 Å². The van der Waals surface area contributed by atoms with E-state index in [-0.39, 0.29) is 35.1 Å². The minimum absolute atomic E-state index is 0.0917. The molecule has 0 radical (unpaired) electrons. The summed E-state index contributed by atoms with van der Waals surface area (Å²) in [6, 6.07) is 144. The average Bonchev–Trinajstić information content (AvgIpc) is 1.64. The molecule has 30 rings (SSSR count). The van der Waals surface area contributed by atoms with Gasteiger partial charge in [-0.3, -0.25) is 0 Å². The van der Waals surface area contributed by atoms with E-state index in [2.05, 4.69) is 456 Å². The van der Waals surface area contributed by atoms with Crippen molar-refractivity contribution in [1.82, 2.24) is 9.13 Å². The van der Waals surface area contributed by atoms with Crippen molar-refractivity contribution in [2.24, 2.45) is 23.7 Å². The molecule has 0 amide bonds. The first-order valence-electron chi connectivity index (χ1n) is 54.2. The first kappa shape index (κ1) is 91.9. The van der Waals surface area contributed by atoms with Crippen molar-refractivity contribution in [3.63, 3.8) is 0 Å². The lowest BCUT2D eigenvalue weighted by Gasteiger charge is -2.63. The quantitative estimate of drug-likeness (QED) is 0.0700. The van der Waals surface area contributed by atoms with Crippen molar-refractivity contribution < 1.29 is 4.57 Å². The highest BCUT2D eigenvalue weighted by Gasteiger charge is 2.61. The SMILES string of the molecule is Cc1cc(C)c(B(c2ccc3c(c2)c2cc(-c4ccc(C56CC7CC(C5)CC(c5ccc(-p8c9ccccc9c9ccccc98)cc5)(C7)C6)cc4)ccc2n3-c2ccccc2)c2c(C)cc(C)cc2C)c(C)c1.Cc1cc(C)c(B(c2ccc3c(c2)c2cc(-c4ccc(C56CC7CC(C5)CC(c5ccc(P8(=O)c9ccccc9-c9ccccc98)cc5)(C7)C6)cc4)ccc2n3-c2ccccc2)c2c(C)cc(C)cc2C)c(C)c1. The van der Waals surface area contributed by atoms with Crippen molar-refractivity contribution in [2.45, 2.75) is 182 Å². The van der Waals surface area contributed by atoms with Crippen LogP contribution in [-0.2, 0) is 26.2 Å². The van der Waals surface area contributed by atoms with Crippen LogP contribution in [0.15, 0.2) is 376 Å². The molecule has 7 heteroatoms. The van der Waals surface area contributed by atoms with Gasteiger partial charge in [0.15, 0.2) is 7.14 Å². The van der Waals surface area contributed by atoms with Crippen molar-refractivity contribution in [2.75, 3.05) is 0 Å². The summed E-state index contributed by atoms with van der Waals surface area (Å²) in [5.41, 5.74) is 46.0. The maximum Gasteiger partial charge on any atom is 0.242 e. The van der Waals surface area contributed by atoms with Gasteiger partial charge in [-0.1, -0.05) is 423 Å². The zero-order valence-corrected chi connectivity index (χ0v) is 88.7. The van der Waals surface area contributed by atoms with Gasteiger partial charge in [-0.15, -0.1) is 0 Å². The van der Waals surface area contributed by atoms with Crippen LogP contribution in [0.1, 0.15) is 166 Å². The van der Waals surface area contributed by atoms with E-state index in [1.54, 1.807) is 11.1 Å². The Morgan fingerprint density at radius 2 is 0.544 bits per heavy atom. The maximum atomic E-state index is 15.4. The standard InChI is InChI=1S/C70H63BNOP.C70H63BNP/c1-44-32-46(3)67(47(4)33-44)71(68-48(5)34-45(2)35-49(68)6)56-27-31-64-62(38-56)61-37-53(22-30-63(61)72(64)57-14-8-7-9-15-57)52-20-23-54(24-21-52)69-39-50-36-51(40-69)42-70(41-50,43-69)55-25-28-58(29-26-55)74(73)65-18-12-10-16-59(65)60-17-11-13-19-66(60)74;1-44-32-46(3)67(47(4)33-44)71(68-48(5)34-45(2)35-49(68)6)56-27-31-64-62(38-56)61-37-53(22-30-63(61)72(64)57-14-8-7-9-15-57)52-20-23-54(24-21-52)69-39-50-36-51(40-69)42-70(41-50,43-69)55-25-28-58(29-26-55)73-65-18-12-10-16-59(65)60-17-11-13-19-66(60)73/h7-35,37-38,50-51H,36,39-43H2,1-6H3;7-35,37-38,50-51H,36,39-43H2,1-6H3. The largest absolute Gasteiger partial charge is 0.309 e. The van der Waals surface area contributed by atoms with Crippen LogP contribution >= 0.6 is 14.7 Å². The molecule has 8 fully saturated rings. The van der Waals surface area contributed by atoms with E-state index < -0.39 is 14.7 Å². The van der Waals surface area contributed by atoms with E-state index in [0.29, 0.717) is 0 Å². The molecule has 3 aromatic heterocycles. The average molecular weight is 1940 g/mol. The molecule has 8 aliphatic carbocycles. The van der Waals surface area contributed by atoms with E-state index in [1.165, 1.54) is 291 Å². The van der Waals surface area contributed by atoms with E-state index in [1.807, 2.05) is 12.1 Å². The summed E-state index contributed by atoms with van der Waals surface area (Å²) in [6.45, 7) is 27.6. The van der Waals surface area contributed by atoms with E-state index in [9.17, 15) is 0 Å². The molecular formula is C140H126B2N2OP2. The van der Waals surface area contributed by atoms with Crippen LogP contribution in [-0.4, -0.2) is 22.6 Å². The molecule has 18 aromatic carbocycles. The zero-order valence-electron chi connectivity index (χ0n) is 86.9. The number of rotatable bonds is 16. The maximum absolute atomic E-state index is 15.4. The topological polar surface area (TPSA) is 26.9 Å². The van der Waals surface area contributed by atoms with Gasteiger partial charge in [-0.25, -0.2) is 0 Å². The molecule has 0 saturated heterocycles. The van der Waals surface area contributed by atoms with E-state index in [4.69, 9.17) is 0 Å². The van der Waals surface area contributed by atoms with Crippen LogP contribution < -0.4 is 48.7 Å². The number of hydrogen-bond acceptors (Lipinski definition) is 1. The summed E-state index contributed by atoms with van der Waals surface area (Å²) in [6.07, 6.45) is 15.7. The molecule has 718 valence electrons. The Bertz CT molecular complexity index is 8680. The van der Waals surface area contributed by atoms with Crippen molar-refractivity contribution in [1.29, 1.82) is 0 Å². The molecule has 147 heavy (non-hydrogen) atoms. The fraction of sp³-hybridized carbons (Fsp3) is 0.229. The number of aromatic nitrogens is 2. The Kier molecular flexibility index (Phi) is 21.8. The third kappa shape index (κ3) is 14.9. The molecule has 4 atom stereocenters. The van der Waals surface area contributed by atoms with Crippen LogP contribution in [0.3, 0.4) is 0 Å². The predicted octanol–water partition coefficient (Wildman–Crippen LogP) is 31.1. The lowest BCUT2D eigenvalue weighted by molar-refractivity contribution is -0.0282. The number of benzene rings is 18. The van der Waals surface area contributed by atoms with Crippen LogP contribution in [0, 0.1) is 107 Å². The molecule has 4 heterocycles. The van der Waals surface area contributed by atoms with Gasteiger partial charge >= 0.3 is 0 Å². The van der Waals surface area contributed by atoms with E-state index in [0.717, 1.165) is 50.7 Å². The van der Waals surface area contributed by atoms with Crippen LogP contribution in [0.5, 0.6) is 0 Å². The molecule has 9 aliphatic rings. The number of hydrogen-bond donors (Lipinski definition) is 0. The van der Waals surface area contributed by atoms with Crippen LogP contribution in [0.2, 0.25) is 0 Å². The molecule has 21 aromatic rings. The van der Waals surface area contributed by atoms with Crippen molar-refractivity contribution >= 4 is 141 Å². The molecule has 4 unspecified atom stereocenters. The third-order valence-electron chi connectivity index (χ3n) is 37.1. The first-order chi connectivity index (χ1) is 71.4. The molecule has 0 spiro atoms. The molecule has 8 bridgehead atoms. The molecule has 0 N–H and O–H groups in total. The fourth-order valence-corrected chi connectivity index (χ4v) is 38.2. The highest BCUT2D eigenvalue weighted by Crippen LogP contribution is 2.69. The van der Waals surface area contributed by atoms with E-state index >= 15 is 4.57 Å². The van der Waals surface area contributed by atoms with Crippen molar-refractivity contribution in [3.8, 4) is 50.1 Å². The summed E-state index contributed by atoms with van der Waals surface area (Å²) in [5, 5.41) is 15.4. The number of fused-ring (bicyclic) bond motifs is 12. The summed E-state index contributed by atoms with van der Waals surface area (Å²) < 4.78 is 20.3. The number of nitrogens with zero attached hydrogens (tertiary/aromatic N) is 2. The Balaban J connectivity index is 0.000000145. The highest BCUT2D eigenvalue weighted by molar-refractivity contribution is 7.86. The number of aryl methyl sites for hydroxylation is 12. The summed E-state index contributed by atoms with van der Waals surface area (Å²) in [4.78, 5) is 0. The second kappa shape index (κ2) is 35.0. The normalized spacial score (nSPS) is 20.7. The van der Waals surface area contributed by atoms with Gasteiger partial charge in [-0.05, 0) is 338 Å². The van der Waals surface area contributed by atoms with Crippen molar-refractivity contribution in [3.05, 3.63) is 465 Å². The van der Waals surface area contributed by atoms with Gasteiger partial charge in [0.05, 0.1) is 22.1 Å². The van der Waals surface area contributed by atoms with Gasteiger partial charge in [0.1, 0.15) is 0 Å². The molecule has 8 saturated carbocycles.